The largest absolute Gasteiger partial charge is 0.356 e. The molecular weight excluding hydrogens is 256 g/mol. The van der Waals surface area contributed by atoms with Crippen molar-refractivity contribution in [2.75, 3.05) is 0 Å². The summed E-state index contributed by atoms with van der Waals surface area (Å²) in [5, 5.41) is 3.12. The Labute approximate surface area is 97.8 Å². The standard InChI is InChI=1S/C11H15BrN2O/c1-2-11(4-3-5-11)14-10(15)9-6-8(12)7-13-9/h6-7,13H,2-5H2,1H3,(H,14,15). The van der Waals surface area contributed by atoms with E-state index in [1.807, 2.05) is 0 Å². The van der Waals surface area contributed by atoms with Crippen molar-refractivity contribution in [1.29, 1.82) is 0 Å². The molecule has 1 aliphatic carbocycles. The van der Waals surface area contributed by atoms with Crippen LogP contribution in [-0.2, 0) is 0 Å². The highest BCUT2D eigenvalue weighted by molar-refractivity contribution is 9.10. The topological polar surface area (TPSA) is 44.9 Å². The van der Waals surface area contributed by atoms with Gasteiger partial charge in [0.05, 0.1) is 0 Å². The number of H-pyrrole nitrogens is 1. The molecule has 1 aromatic heterocycles. The van der Waals surface area contributed by atoms with Crippen LogP contribution in [0.3, 0.4) is 0 Å². The number of rotatable bonds is 3. The van der Waals surface area contributed by atoms with E-state index >= 15 is 0 Å². The molecule has 1 fully saturated rings. The maximum Gasteiger partial charge on any atom is 0.268 e. The second-order valence-electron chi connectivity index (χ2n) is 4.17. The fourth-order valence-electron chi connectivity index (χ4n) is 1.98. The molecule has 1 aliphatic rings. The van der Waals surface area contributed by atoms with Crippen molar-refractivity contribution in [3.05, 3.63) is 22.4 Å². The lowest BCUT2D eigenvalue weighted by molar-refractivity contribution is 0.0816. The highest BCUT2D eigenvalue weighted by atomic mass is 79.9. The van der Waals surface area contributed by atoms with E-state index in [9.17, 15) is 4.79 Å². The number of hydrogen-bond acceptors (Lipinski definition) is 1. The molecule has 0 spiro atoms. The molecular formula is C11H15BrN2O. The van der Waals surface area contributed by atoms with E-state index in [0.717, 1.165) is 23.7 Å². The lowest BCUT2D eigenvalue weighted by Crippen LogP contribution is -2.53. The molecule has 1 heterocycles. The first-order valence-corrected chi connectivity index (χ1v) is 6.11. The number of aromatic amines is 1. The number of carbonyl (C=O) groups is 1. The zero-order valence-electron chi connectivity index (χ0n) is 8.77. The summed E-state index contributed by atoms with van der Waals surface area (Å²) in [4.78, 5) is 14.8. The first kappa shape index (κ1) is 10.7. The molecule has 82 valence electrons. The van der Waals surface area contributed by atoms with Gasteiger partial charge in [0.2, 0.25) is 0 Å². The number of nitrogens with one attached hydrogen (secondary N) is 2. The van der Waals surface area contributed by atoms with Crippen molar-refractivity contribution in [2.24, 2.45) is 0 Å². The maximum absolute atomic E-state index is 11.9. The van der Waals surface area contributed by atoms with Crippen LogP contribution in [0.5, 0.6) is 0 Å². The number of aromatic nitrogens is 1. The number of hydrogen-bond donors (Lipinski definition) is 2. The third kappa shape index (κ3) is 2.09. The first-order valence-electron chi connectivity index (χ1n) is 5.32. The van der Waals surface area contributed by atoms with Crippen LogP contribution >= 0.6 is 15.9 Å². The Morgan fingerprint density at radius 1 is 1.67 bits per heavy atom. The van der Waals surface area contributed by atoms with Crippen LogP contribution in [-0.4, -0.2) is 16.4 Å². The van der Waals surface area contributed by atoms with Crippen molar-refractivity contribution >= 4 is 21.8 Å². The molecule has 1 aromatic rings. The molecule has 0 radical (unpaired) electrons. The zero-order chi connectivity index (χ0) is 10.9. The average Bonchev–Trinajstić information content (AvgIpc) is 2.58. The second-order valence-corrected chi connectivity index (χ2v) is 5.09. The predicted octanol–water partition coefficient (Wildman–Crippen LogP) is 2.84. The molecule has 2 rings (SSSR count). The Kier molecular flexibility index (Phi) is 2.87. The van der Waals surface area contributed by atoms with Gasteiger partial charge in [-0.2, -0.15) is 0 Å². The van der Waals surface area contributed by atoms with Gasteiger partial charge in [-0.1, -0.05) is 6.92 Å². The summed E-state index contributed by atoms with van der Waals surface area (Å²) in [6.45, 7) is 2.13. The molecule has 0 saturated heterocycles. The molecule has 0 atom stereocenters. The summed E-state index contributed by atoms with van der Waals surface area (Å²) in [5.41, 5.74) is 0.691. The van der Waals surface area contributed by atoms with Crippen LogP contribution in [0.1, 0.15) is 43.1 Å². The lowest BCUT2D eigenvalue weighted by Gasteiger charge is -2.41. The third-order valence-corrected chi connectivity index (χ3v) is 3.72. The van der Waals surface area contributed by atoms with Gasteiger partial charge in [-0.3, -0.25) is 4.79 Å². The van der Waals surface area contributed by atoms with E-state index in [0.29, 0.717) is 5.69 Å². The Balaban J connectivity index is 2.03. The average molecular weight is 271 g/mol. The Hall–Kier alpha value is -0.770. The minimum atomic E-state index is 0.00208. The molecule has 0 unspecified atom stereocenters. The van der Waals surface area contributed by atoms with E-state index in [1.165, 1.54) is 6.42 Å². The van der Waals surface area contributed by atoms with Crippen LogP contribution in [0.4, 0.5) is 0 Å². The monoisotopic (exact) mass is 270 g/mol. The summed E-state index contributed by atoms with van der Waals surface area (Å²) in [6.07, 6.45) is 6.23. The van der Waals surface area contributed by atoms with E-state index in [-0.39, 0.29) is 11.4 Å². The van der Waals surface area contributed by atoms with Crippen LogP contribution < -0.4 is 5.32 Å². The lowest BCUT2D eigenvalue weighted by atomic mass is 9.75. The van der Waals surface area contributed by atoms with Gasteiger partial charge in [-0.15, -0.1) is 0 Å². The molecule has 4 heteroatoms. The predicted molar refractivity (Wildman–Crippen MR) is 62.8 cm³/mol. The van der Waals surface area contributed by atoms with E-state index < -0.39 is 0 Å². The summed E-state index contributed by atoms with van der Waals surface area (Å²) in [5.74, 6) is 0.00208. The van der Waals surface area contributed by atoms with Crippen LogP contribution in [0.2, 0.25) is 0 Å². The zero-order valence-corrected chi connectivity index (χ0v) is 10.4. The fourth-order valence-corrected chi connectivity index (χ4v) is 2.32. The fraction of sp³-hybridized carbons (Fsp3) is 0.545. The smallest absolute Gasteiger partial charge is 0.268 e. The van der Waals surface area contributed by atoms with E-state index in [1.54, 1.807) is 12.3 Å². The van der Waals surface area contributed by atoms with Crippen LogP contribution in [0.25, 0.3) is 0 Å². The summed E-state index contributed by atoms with van der Waals surface area (Å²) < 4.78 is 0.909. The Morgan fingerprint density at radius 2 is 2.40 bits per heavy atom. The molecule has 1 amide bonds. The maximum atomic E-state index is 11.9. The minimum absolute atomic E-state index is 0.00208. The van der Waals surface area contributed by atoms with Crippen molar-refractivity contribution in [1.82, 2.24) is 10.3 Å². The van der Waals surface area contributed by atoms with Crippen LogP contribution in [0.15, 0.2) is 16.7 Å². The highest BCUT2D eigenvalue weighted by Crippen LogP contribution is 2.34. The Bertz CT molecular complexity index is 363. The normalized spacial score (nSPS) is 18.3. The third-order valence-electron chi connectivity index (χ3n) is 3.26. The van der Waals surface area contributed by atoms with Gasteiger partial charge in [-0.25, -0.2) is 0 Å². The van der Waals surface area contributed by atoms with E-state index in [2.05, 4.69) is 33.2 Å². The molecule has 15 heavy (non-hydrogen) atoms. The van der Waals surface area contributed by atoms with Crippen LogP contribution in [0, 0.1) is 0 Å². The van der Waals surface area contributed by atoms with Gasteiger partial charge in [0, 0.05) is 16.2 Å². The highest BCUT2D eigenvalue weighted by Gasteiger charge is 2.36. The van der Waals surface area contributed by atoms with E-state index in [4.69, 9.17) is 0 Å². The molecule has 2 N–H and O–H groups in total. The number of amides is 1. The van der Waals surface area contributed by atoms with Gasteiger partial charge in [0.15, 0.2) is 0 Å². The van der Waals surface area contributed by atoms with Gasteiger partial charge < -0.3 is 10.3 Å². The van der Waals surface area contributed by atoms with Crippen molar-refractivity contribution < 1.29 is 4.79 Å². The quantitative estimate of drug-likeness (QED) is 0.872. The molecule has 0 aliphatic heterocycles. The summed E-state index contributed by atoms with van der Waals surface area (Å²) >= 11 is 3.32. The SMILES string of the molecule is CCC1(NC(=O)c2cc(Br)c[nH]2)CCC1. The van der Waals surface area contributed by atoms with Gasteiger partial charge in [0.25, 0.3) is 5.91 Å². The number of carbonyl (C=O) groups excluding carboxylic acids is 1. The minimum Gasteiger partial charge on any atom is -0.356 e. The molecule has 1 saturated carbocycles. The molecule has 0 bridgehead atoms. The van der Waals surface area contributed by atoms with Gasteiger partial charge in [0.1, 0.15) is 5.69 Å². The van der Waals surface area contributed by atoms with Crippen molar-refractivity contribution in [3.63, 3.8) is 0 Å². The summed E-state index contributed by atoms with van der Waals surface area (Å²) in [7, 11) is 0. The van der Waals surface area contributed by atoms with Crippen molar-refractivity contribution in [2.45, 2.75) is 38.1 Å². The van der Waals surface area contributed by atoms with Gasteiger partial charge in [-0.05, 0) is 47.7 Å². The first-order chi connectivity index (χ1) is 7.15. The van der Waals surface area contributed by atoms with Crippen molar-refractivity contribution in [3.8, 4) is 0 Å². The molecule has 0 aromatic carbocycles. The Morgan fingerprint density at radius 3 is 2.80 bits per heavy atom. The second kappa shape index (κ2) is 4.00. The number of halogens is 1. The summed E-state index contributed by atoms with van der Waals surface area (Å²) in [6, 6.07) is 1.80. The molecule has 3 nitrogen and oxygen atoms in total. The van der Waals surface area contributed by atoms with Gasteiger partial charge >= 0.3 is 0 Å².